The summed E-state index contributed by atoms with van der Waals surface area (Å²) >= 11 is 0. The summed E-state index contributed by atoms with van der Waals surface area (Å²) in [4.78, 5) is 11.8. The molecule has 110 valence electrons. The third kappa shape index (κ3) is 4.09. The first-order valence-electron chi connectivity index (χ1n) is 7.33. The van der Waals surface area contributed by atoms with E-state index in [1.807, 2.05) is 44.2 Å². The Morgan fingerprint density at radius 1 is 1.00 bits per heavy atom. The summed E-state index contributed by atoms with van der Waals surface area (Å²) < 4.78 is 5.06. The zero-order valence-corrected chi connectivity index (χ0v) is 12.5. The van der Waals surface area contributed by atoms with Gasteiger partial charge < -0.3 is 10.1 Å². The topological polar surface area (TPSA) is 38.3 Å². The van der Waals surface area contributed by atoms with Gasteiger partial charge in [0, 0.05) is 5.69 Å². The van der Waals surface area contributed by atoms with Crippen LogP contribution in [0.1, 0.15) is 20.3 Å². The highest BCUT2D eigenvalue weighted by atomic mass is 16.5. The van der Waals surface area contributed by atoms with Crippen LogP contribution in [0.5, 0.6) is 0 Å². The zero-order valence-electron chi connectivity index (χ0n) is 12.5. The van der Waals surface area contributed by atoms with Crippen molar-refractivity contribution in [1.29, 1.82) is 0 Å². The van der Waals surface area contributed by atoms with Crippen molar-refractivity contribution in [3.8, 4) is 11.1 Å². The first-order valence-corrected chi connectivity index (χ1v) is 7.33. The molecule has 1 N–H and O–H groups in total. The van der Waals surface area contributed by atoms with Crippen LogP contribution in [0, 0.1) is 0 Å². The van der Waals surface area contributed by atoms with E-state index < -0.39 is 0 Å². The van der Waals surface area contributed by atoms with Crippen LogP contribution in [0.25, 0.3) is 11.1 Å². The molecule has 0 heterocycles. The summed E-state index contributed by atoms with van der Waals surface area (Å²) in [5.41, 5.74) is 3.27. The van der Waals surface area contributed by atoms with Crippen LogP contribution in [-0.2, 0) is 9.53 Å². The molecule has 0 saturated carbocycles. The Bertz CT molecular complexity index is 564. The first-order chi connectivity index (χ1) is 10.2. The monoisotopic (exact) mass is 283 g/mol. The highest BCUT2D eigenvalue weighted by Crippen LogP contribution is 2.21. The van der Waals surface area contributed by atoms with Gasteiger partial charge in [-0.15, -0.1) is 0 Å². The minimum Gasteiger partial charge on any atom is -0.464 e. The van der Waals surface area contributed by atoms with Crippen molar-refractivity contribution < 1.29 is 9.53 Å². The van der Waals surface area contributed by atoms with Gasteiger partial charge in [0.25, 0.3) is 0 Å². The van der Waals surface area contributed by atoms with Gasteiger partial charge in [-0.3, -0.25) is 0 Å². The molecule has 3 heteroatoms. The molecular weight excluding hydrogens is 262 g/mol. The Labute approximate surface area is 126 Å². The number of carbonyl (C=O) groups excluding carboxylic acids is 1. The Morgan fingerprint density at radius 3 is 2.19 bits per heavy atom. The van der Waals surface area contributed by atoms with Gasteiger partial charge in [-0.1, -0.05) is 49.4 Å². The molecule has 1 atom stereocenters. The molecule has 21 heavy (non-hydrogen) atoms. The summed E-state index contributed by atoms with van der Waals surface area (Å²) in [6, 6.07) is 18.0. The number of benzene rings is 2. The van der Waals surface area contributed by atoms with Crippen molar-refractivity contribution >= 4 is 11.7 Å². The van der Waals surface area contributed by atoms with E-state index in [0.717, 1.165) is 11.3 Å². The molecule has 0 aliphatic rings. The average molecular weight is 283 g/mol. The minimum atomic E-state index is -0.299. The maximum absolute atomic E-state index is 11.8. The zero-order chi connectivity index (χ0) is 15.1. The predicted octanol–water partition coefficient (Wildman–Crippen LogP) is 4.11. The molecular formula is C18H21NO2. The van der Waals surface area contributed by atoms with Gasteiger partial charge in [0.15, 0.2) is 0 Å². The summed E-state index contributed by atoms with van der Waals surface area (Å²) in [5.74, 6) is -0.202. The second-order valence-corrected chi connectivity index (χ2v) is 4.80. The van der Waals surface area contributed by atoms with Crippen molar-refractivity contribution in [2.24, 2.45) is 0 Å². The summed E-state index contributed by atoms with van der Waals surface area (Å²) in [6.45, 7) is 4.19. The van der Waals surface area contributed by atoms with Crippen molar-refractivity contribution in [3.63, 3.8) is 0 Å². The number of hydrogen-bond donors (Lipinski definition) is 1. The fraction of sp³-hybridized carbons (Fsp3) is 0.278. The van der Waals surface area contributed by atoms with E-state index >= 15 is 0 Å². The highest BCUT2D eigenvalue weighted by Gasteiger charge is 2.16. The number of hydrogen-bond acceptors (Lipinski definition) is 3. The lowest BCUT2D eigenvalue weighted by Gasteiger charge is -2.16. The number of anilines is 1. The summed E-state index contributed by atoms with van der Waals surface area (Å²) in [5, 5.41) is 3.22. The van der Waals surface area contributed by atoms with Gasteiger partial charge in [-0.25, -0.2) is 4.79 Å². The molecule has 1 unspecified atom stereocenters. The number of ether oxygens (including phenoxy) is 1. The molecule has 2 aromatic carbocycles. The maximum atomic E-state index is 11.8. The summed E-state index contributed by atoms with van der Waals surface area (Å²) in [7, 11) is 0. The molecule has 0 bridgehead atoms. The summed E-state index contributed by atoms with van der Waals surface area (Å²) in [6.07, 6.45) is 0.694. The third-order valence-corrected chi connectivity index (χ3v) is 3.31. The number of rotatable bonds is 6. The van der Waals surface area contributed by atoms with Gasteiger partial charge in [0.1, 0.15) is 6.04 Å². The van der Waals surface area contributed by atoms with E-state index in [-0.39, 0.29) is 12.0 Å². The lowest BCUT2D eigenvalue weighted by molar-refractivity contribution is -0.144. The van der Waals surface area contributed by atoms with E-state index in [2.05, 4.69) is 29.6 Å². The van der Waals surface area contributed by atoms with Crippen molar-refractivity contribution in [1.82, 2.24) is 0 Å². The third-order valence-electron chi connectivity index (χ3n) is 3.31. The maximum Gasteiger partial charge on any atom is 0.328 e. The van der Waals surface area contributed by atoms with Crippen molar-refractivity contribution in [2.45, 2.75) is 26.3 Å². The van der Waals surface area contributed by atoms with Crippen molar-refractivity contribution in [2.75, 3.05) is 11.9 Å². The molecule has 0 fully saturated rings. The number of carbonyl (C=O) groups is 1. The molecule has 3 nitrogen and oxygen atoms in total. The molecule has 0 amide bonds. The van der Waals surface area contributed by atoms with Crippen LogP contribution in [-0.4, -0.2) is 18.6 Å². The number of esters is 1. The Morgan fingerprint density at radius 2 is 1.62 bits per heavy atom. The lowest BCUT2D eigenvalue weighted by atomic mass is 10.1. The minimum absolute atomic E-state index is 0.202. The highest BCUT2D eigenvalue weighted by molar-refractivity contribution is 5.79. The molecule has 0 radical (unpaired) electrons. The smallest absolute Gasteiger partial charge is 0.328 e. The van der Waals surface area contributed by atoms with Crippen LogP contribution in [0.4, 0.5) is 5.69 Å². The van der Waals surface area contributed by atoms with Crippen molar-refractivity contribution in [3.05, 3.63) is 54.6 Å². The molecule has 2 rings (SSSR count). The largest absolute Gasteiger partial charge is 0.464 e. The number of nitrogens with one attached hydrogen (secondary N) is 1. The predicted molar refractivity (Wildman–Crippen MR) is 86.2 cm³/mol. The van der Waals surface area contributed by atoms with Gasteiger partial charge in [0.2, 0.25) is 0 Å². The van der Waals surface area contributed by atoms with Gasteiger partial charge in [-0.2, -0.15) is 0 Å². The molecule has 2 aromatic rings. The van der Waals surface area contributed by atoms with E-state index in [9.17, 15) is 4.79 Å². The van der Waals surface area contributed by atoms with Crippen LogP contribution in [0.15, 0.2) is 54.6 Å². The van der Waals surface area contributed by atoms with Crippen LogP contribution in [0.2, 0.25) is 0 Å². The van der Waals surface area contributed by atoms with E-state index in [0.29, 0.717) is 13.0 Å². The molecule has 0 aliphatic carbocycles. The molecule has 0 aromatic heterocycles. The Kier molecular flexibility index (Phi) is 5.38. The SMILES string of the molecule is CCOC(=O)C(CC)Nc1ccc(-c2ccccc2)cc1. The lowest BCUT2D eigenvalue weighted by Crippen LogP contribution is -2.30. The van der Waals surface area contributed by atoms with E-state index in [1.54, 1.807) is 0 Å². The Hall–Kier alpha value is -2.29. The normalized spacial score (nSPS) is 11.7. The molecule has 0 saturated heterocycles. The quantitative estimate of drug-likeness (QED) is 0.811. The van der Waals surface area contributed by atoms with Crippen LogP contribution in [0.3, 0.4) is 0 Å². The standard InChI is InChI=1S/C18H21NO2/c1-3-17(18(20)21-4-2)19-16-12-10-15(11-13-16)14-8-6-5-7-9-14/h5-13,17,19H,3-4H2,1-2H3. The van der Waals surface area contributed by atoms with E-state index in [1.165, 1.54) is 5.56 Å². The molecule has 0 aliphatic heterocycles. The second-order valence-electron chi connectivity index (χ2n) is 4.80. The van der Waals surface area contributed by atoms with Crippen LogP contribution < -0.4 is 5.32 Å². The second kappa shape index (κ2) is 7.48. The van der Waals surface area contributed by atoms with Gasteiger partial charge in [-0.05, 0) is 36.6 Å². The van der Waals surface area contributed by atoms with Gasteiger partial charge >= 0.3 is 5.97 Å². The fourth-order valence-corrected chi connectivity index (χ4v) is 2.16. The first kappa shape index (κ1) is 15.1. The average Bonchev–Trinajstić information content (AvgIpc) is 2.54. The van der Waals surface area contributed by atoms with Gasteiger partial charge in [0.05, 0.1) is 6.61 Å². The van der Waals surface area contributed by atoms with Crippen LogP contribution >= 0.6 is 0 Å². The van der Waals surface area contributed by atoms with E-state index in [4.69, 9.17) is 4.74 Å². The molecule has 0 spiro atoms. The Balaban J connectivity index is 2.07. The fourth-order valence-electron chi connectivity index (χ4n) is 2.16.